The Hall–Kier alpha value is -1.46. The number of amides is 1. The fraction of sp³-hybridized carbons (Fsp3) is 0.600. The summed E-state index contributed by atoms with van der Waals surface area (Å²) in [4.78, 5) is 20.7. The van der Waals surface area contributed by atoms with Gasteiger partial charge >= 0.3 is 0 Å². The summed E-state index contributed by atoms with van der Waals surface area (Å²) in [6.45, 7) is 7.95. The van der Waals surface area contributed by atoms with Crippen molar-refractivity contribution in [3.05, 3.63) is 30.1 Å². The van der Waals surface area contributed by atoms with E-state index in [0.29, 0.717) is 6.42 Å². The van der Waals surface area contributed by atoms with Gasteiger partial charge in [0.25, 0.3) is 0 Å². The van der Waals surface area contributed by atoms with Crippen LogP contribution in [0.2, 0.25) is 0 Å². The lowest BCUT2D eigenvalue weighted by Gasteiger charge is -2.38. The molecule has 110 valence electrons. The van der Waals surface area contributed by atoms with Gasteiger partial charge in [-0.2, -0.15) is 0 Å². The van der Waals surface area contributed by atoms with Crippen LogP contribution in [0.1, 0.15) is 25.8 Å². The van der Waals surface area contributed by atoms with Crippen LogP contribution in [0.5, 0.6) is 0 Å². The number of carbonyl (C=O) groups is 1. The van der Waals surface area contributed by atoms with E-state index in [1.165, 1.54) is 5.56 Å². The van der Waals surface area contributed by atoms with Crippen LogP contribution in [0.3, 0.4) is 0 Å². The molecule has 1 atom stereocenters. The van der Waals surface area contributed by atoms with E-state index in [1.807, 2.05) is 31.0 Å². The molecular formula is C15H24N4O. The minimum absolute atomic E-state index is 0.0704. The van der Waals surface area contributed by atoms with Crippen molar-refractivity contribution in [2.75, 3.05) is 26.2 Å². The smallest absolute Gasteiger partial charge is 0.242 e. The second kappa shape index (κ2) is 6.33. The Bertz CT molecular complexity index is 438. The molecule has 0 bridgehead atoms. The highest BCUT2D eigenvalue weighted by atomic mass is 16.2. The molecule has 1 saturated heterocycles. The van der Waals surface area contributed by atoms with Gasteiger partial charge in [-0.05, 0) is 25.0 Å². The number of hydrogen-bond acceptors (Lipinski definition) is 4. The van der Waals surface area contributed by atoms with Crippen molar-refractivity contribution in [2.24, 2.45) is 5.73 Å². The van der Waals surface area contributed by atoms with Crippen molar-refractivity contribution in [1.29, 1.82) is 0 Å². The number of hydrogen-bond donors (Lipinski definition) is 1. The summed E-state index contributed by atoms with van der Waals surface area (Å²) in [7, 11) is 0. The zero-order chi connectivity index (χ0) is 14.6. The van der Waals surface area contributed by atoms with Gasteiger partial charge in [-0.3, -0.25) is 14.7 Å². The number of carbonyl (C=O) groups excluding carboxylic acids is 1. The lowest BCUT2D eigenvalue weighted by Crippen LogP contribution is -2.57. The average molecular weight is 276 g/mol. The Morgan fingerprint density at radius 2 is 2.10 bits per heavy atom. The lowest BCUT2D eigenvalue weighted by atomic mass is 9.98. The van der Waals surface area contributed by atoms with E-state index in [9.17, 15) is 4.79 Å². The summed E-state index contributed by atoms with van der Waals surface area (Å²) in [5.41, 5.74) is 6.52. The van der Waals surface area contributed by atoms with Gasteiger partial charge < -0.3 is 10.6 Å². The van der Waals surface area contributed by atoms with Gasteiger partial charge in [0.1, 0.15) is 0 Å². The Kier molecular flexibility index (Phi) is 4.73. The number of aromatic nitrogens is 1. The standard InChI is InChI=1S/C15H24N4O/c1-3-15(2,16)14(20)19-9-7-18(8-10-19)12-13-5-4-6-17-11-13/h4-6,11H,3,7-10,12,16H2,1-2H3. The fourth-order valence-corrected chi connectivity index (χ4v) is 2.37. The van der Waals surface area contributed by atoms with Crippen molar-refractivity contribution in [2.45, 2.75) is 32.4 Å². The fourth-order valence-electron chi connectivity index (χ4n) is 2.37. The van der Waals surface area contributed by atoms with Crippen molar-refractivity contribution in [1.82, 2.24) is 14.8 Å². The van der Waals surface area contributed by atoms with Gasteiger partial charge in [0.05, 0.1) is 5.54 Å². The first-order valence-electron chi connectivity index (χ1n) is 7.22. The molecule has 1 aromatic rings. The third kappa shape index (κ3) is 3.55. The zero-order valence-electron chi connectivity index (χ0n) is 12.4. The third-order valence-electron chi connectivity index (χ3n) is 4.01. The van der Waals surface area contributed by atoms with E-state index in [1.54, 1.807) is 6.20 Å². The Labute approximate surface area is 120 Å². The van der Waals surface area contributed by atoms with E-state index in [2.05, 4.69) is 16.0 Å². The molecule has 5 nitrogen and oxygen atoms in total. The number of nitrogens with zero attached hydrogens (tertiary/aromatic N) is 3. The number of pyridine rings is 1. The molecule has 1 fully saturated rings. The molecule has 0 radical (unpaired) electrons. The Morgan fingerprint density at radius 1 is 1.40 bits per heavy atom. The monoisotopic (exact) mass is 276 g/mol. The molecule has 1 aliphatic heterocycles. The van der Waals surface area contributed by atoms with Crippen molar-refractivity contribution < 1.29 is 4.79 Å². The first kappa shape index (κ1) is 14.9. The second-order valence-corrected chi connectivity index (χ2v) is 5.70. The average Bonchev–Trinajstić information content (AvgIpc) is 2.48. The minimum atomic E-state index is -0.731. The summed E-state index contributed by atoms with van der Waals surface area (Å²) in [6.07, 6.45) is 4.35. The summed E-state index contributed by atoms with van der Waals surface area (Å²) in [6, 6.07) is 4.04. The highest BCUT2D eigenvalue weighted by molar-refractivity contribution is 5.85. The molecule has 1 unspecified atom stereocenters. The summed E-state index contributed by atoms with van der Waals surface area (Å²) >= 11 is 0. The topological polar surface area (TPSA) is 62.5 Å². The van der Waals surface area contributed by atoms with Gasteiger partial charge in [-0.1, -0.05) is 13.0 Å². The summed E-state index contributed by atoms with van der Waals surface area (Å²) in [5, 5.41) is 0. The van der Waals surface area contributed by atoms with E-state index >= 15 is 0 Å². The molecule has 2 N–H and O–H groups in total. The molecule has 20 heavy (non-hydrogen) atoms. The van der Waals surface area contributed by atoms with Crippen LogP contribution >= 0.6 is 0 Å². The van der Waals surface area contributed by atoms with Crippen molar-refractivity contribution >= 4 is 5.91 Å². The second-order valence-electron chi connectivity index (χ2n) is 5.70. The summed E-state index contributed by atoms with van der Waals surface area (Å²) in [5.74, 6) is 0.0704. The molecule has 0 aliphatic carbocycles. The van der Waals surface area contributed by atoms with Crippen LogP contribution in [-0.2, 0) is 11.3 Å². The van der Waals surface area contributed by atoms with Crippen LogP contribution in [0, 0.1) is 0 Å². The van der Waals surface area contributed by atoms with Crippen molar-refractivity contribution in [3.8, 4) is 0 Å². The minimum Gasteiger partial charge on any atom is -0.339 e. The first-order chi connectivity index (χ1) is 9.53. The molecule has 0 spiro atoms. The zero-order valence-corrected chi connectivity index (χ0v) is 12.4. The maximum Gasteiger partial charge on any atom is 0.242 e. The molecular weight excluding hydrogens is 252 g/mol. The van der Waals surface area contributed by atoms with E-state index in [0.717, 1.165) is 32.7 Å². The van der Waals surface area contributed by atoms with Crippen LogP contribution in [0.15, 0.2) is 24.5 Å². The van der Waals surface area contributed by atoms with Gasteiger partial charge in [-0.25, -0.2) is 0 Å². The SMILES string of the molecule is CCC(C)(N)C(=O)N1CCN(Cc2cccnc2)CC1. The molecule has 1 aliphatic rings. The van der Waals surface area contributed by atoms with Crippen LogP contribution in [0.25, 0.3) is 0 Å². The van der Waals surface area contributed by atoms with Gasteiger partial charge in [0.2, 0.25) is 5.91 Å². The van der Waals surface area contributed by atoms with Crippen LogP contribution in [-0.4, -0.2) is 52.4 Å². The molecule has 1 aromatic heterocycles. The van der Waals surface area contributed by atoms with Crippen LogP contribution in [0.4, 0.5) is 0 Å². The third-order valence-corrected chi connectivity index (χ3v) is 4.01. The van der Waals surface area contributed by atoms with E-state index < -0.39 is 5.54 Å². The molecule has 0 saturated carbocycles. The highest BCUT2D eigenvalue weighted by Crippen LogP contribution is 2.13. The molecule has 0 aromatic carbocycles. The largest absolute Gasteiger partial charge is 0.339 e. The van der Waals surface area contributed by atoms with Gasteiger partial charge in [0.15, 0.2) is 0 Å². The number of piperazine rings is 1. The maximum absolute atomic E-state index is 12.3. The van der Waals surface area contributed by atoms with Crippen LogP contribution < -0.4 is 5.73 Å². The molecule has 5 heteroatoms. The highest BCUT2D eigenvalue weighted by Gasteiger charge is 2.32. The van der Waals surface area contributed by atoms with E-state index in [4.69, 9.17) is 5.73 Å². The predicted molar refractivity (Wildman–Crippen MR) is 79.0 cm³/mol. The Morgan fingerprint density at radius 3 is 2.65 bits per heavy atom. The van der Waals surface area contributed by atoms with Crippen molar-refractivity contribution in [3.63, 3.8) is 0 Å². The first-order valence-corrected chi connectivity index (χ1v) is 7.22. The maximum atomic E-state index is 12.3. The van der Waals surface area contributed by atoms with E-state index in [-0.39, 0.29) is 5.91 Å². The predicted octanol–water partition coefficient (Wildman–Crippen LogP) is 0.853. The quantitative estimate of drug-likeness (QED) is 0.886. The molecule has 2 rings (SSSR count). The molecule has 2 heterocycles. The number of nitrogens with two attached hydrogens (primary N) is 1. The summed E-state index contributed by atoms with van der Waals surface area (Å²) < 4.78 is 0. The van der Waals surface area contributed by atoms with Gasteiger partial charge in [0, 0.05) is 45.1 Å². The molecule has 1 amide bonds. The van der Waals surface area contributed by atoms with Gasteiger partial charge in [-0.15, -0.1) is 0 Å². The number of rotatable bonds is 4. The normalized spacial score (nSPS) is 19.6. The lowest BCUT2D eigenvalue weighted by molar-refractivity contribution is -0.138. The Balaban J connectivity index is 1.85.